The summed E-state index contributed by atoms with van der Waals surface area (Å²) in [5.41, 5.74) is 2.61. The smallest absolute Gasteiger partial charge is 0.253 e. The zero-order valence-corrected chi connectivity index (χ0v) is 18.9. The Kier molecular flexibility index (Phi) is 6.45. The second-order valence-corrected chi connectivity index (χ2v) is 8.36. The van der Waals surface area contributed by atoms with E-state index in [1.54, 1.807) is 11.4 Å². The lowest BCUT2D eigenvalue weighted by Crippen LogP contribution is -2.60. The molecule has 1 saturated heterocycles. The van der Waals surface area contributed by atoms with Gasteiger partial charge in [-0.1, -0.05) is 25.6 Å². The van der Waals surface area contributed by atoms with E-state index in [2.05, 4.69) is 28.9 Å². The van der Waals surface area contributed by atoms with Crippen LogP contribution in [0.5, 0.6) is 0 Å². The number of aromatic nitrogens is 4. The largest absolute Gasteiger partial charge is 0.336 e. The van der Waals surface area contributed by atoms with Crippen LogP contribution < -0.4 is 0 Å². The number of amides is 2. The third-order valence-corrected chi connectivity index (χ3v) is 6.44. The van der Waals surface area contributed by atoms with Crippen molar-refractivity contribution in [3.8, 4) is 0 Å². The summed E-state index contributed by atoms with van der Waals surface area (Å²) >= 11 is 1.47. The fraction of sp³-hybridized carbons (Fsp3) is 0.650. The topological polar surface area (TPSA) is 83.7 Å². The molecular weight excluding hydrogens is 388 g/mol. The van der Waals surface area contributed by atoms with Gasteiger partial charge in [0, 0.05) is 49.0 Å². The molecule has 0 N–H and O–H groups in total. The molecule has 0 spiro atoms. The molecule has 2 atom stereocenters. The van der Waals surface area contributed by atoms with Crippen molar-refractivity contribution in [3.05, 3.63) is 17.0 Å². The molecule has 0 bridgehead atoms. The first-order valence-corrected chi connectivity index (χ1v) is 11.4. The van der Waals surface area contributed by atoms with E-state index >= 15 is 0 Å². The number of carbonyl (C=O) groups excluding carboxylic acids is 2. The maximum absolute atomic E-state index is 13.3. The van der Waals surface area contributed by atoms with E-state index < -0.39 is 0 Å². The lowest BCUT2D eigenvalue weighted by Gasteiger charge is -2.46. The Morgan fingerprint density at radius 2 is 1.69 bits per heavy atom. The Morgan fingerprint density at radius 1 is 1.07 bits per heavy atom. The molecule has 2 aromatic rings. The number of rotatable bonds is 5. The van der Waals surface area contributed by atoms with Gasteiger partial charge in [-0.05, 0) is 32.9 Å². The highest BCUT2D eigenvalue weighted by atomic mass is 32.2. The van der Waals surface area contributed by atoms with Crippen LogP contribution >= 0.6 is 11.8 Å². The number of piperazine rings is 1. The van der Waals surface area contributed by atoms with Crippen LogP contribution in [-0.4, -0.2) is 72.6 Å². The van der Waals surface area contributed by atoms with Gasteiger partial charge in [-0.2, -0.15) is 4.98 Å². The molecule has 29 heavy (non-hydrogen) atoms. The number of nitrogens with zero attached hydrogens (tertiary/aromatic N) is 6. The molecule has 0 saturated carbocycles. The molecule has 9 heteroatoms. The van der Waals surface area contributed by atoms with Gasteiger partial charge < -0.3 is 9.80 Å². The van der Waals surface area contributed by atoms with Crippen LogP contribution in [0.2, 0.25) is 0 Å². The number of aryl methyl sites for hydroxylation is 2. The van der Waals surface area contributed by atoms with E-state index in [0.29, 0.717) is 24.0 Å². The summed E-state index contributed by atoms with van der Waals surface area (Å²) in [6.45, 7) is 10.8. The van der Waals surface area contributed by atoms with E-state index in [1.165, 1.54) is 11.8 Å². The predicted octanol–water partition coefficient (Wildman–Crippen LogP) is 2.25. The van der Waals surface area contributed by atoms with Gasteiger partial charge in [-0.25, -0.2) is 9.50 Å². The fourth-order valence-electron chi connectivity index (χ4n) is 4.12. The van der Waals surface area contributed by atoms with Crippen LogP contribution in [0.15, 0.2) is 5.16 Å². The predicted molar refractivity (Wildman–Crippen MR) is 113 cm³/mol. The molecule has 1 aliphatic rings. The first kappa shape index (κ1) is 21.5. The van der Waals surface area contributed by atoms with Crippen molar-refractivity contribution in [2.24, 2.45) is 0 Å². The van der Waals surface area contributed by atoms with Gasteiger partial charge in [0.25, 0.3) is 5.78 Å². The summed E-state index contributed by atoms with van der Waals surface area (Å²) in [5.74, 6) is 0.726. The van der Waals surface area contributed by atoms with E-state index in [4.69, 9.17) is 0 Å². The SMILES string of the molecule is CC[C@H]1CN(C(=O)Cc2c(C)nc3nc(SC)nn3c2C)[C@H](CC)CN1C(C)=O. The maximum atomic E-state index is 13.3. The lowest BCUT2D eigenvalue weighted by atomic mass is 10.00. The highest BCUT2D eigenvalue weighted by Crippen LogP contribution is 2.23. The summed E-state index contributed by atoms with van der Waals surface area (Å²) in [7, 11) is 0. The Labute approximate surface area is 176 Å². The highest BCUT2D eigenvalue weighted by molar-refractivity contribution is 7.98. The second-order valence-electron chi connectivity index (χ2n) is 7.59. The maximum Gasteiger partial charge on any atom is 0.253 e. The summed E-state index contributed by atoms with van der Waals surface area (Å²) in [6, 6.07) is 0.113. The van der Waals surface area contributed by atoms with Crippen LogP contribution in [0.1, 0.15) is 50.6 Å². The van der Waals surface area contributed by atoms with E-state index in [0.717, 1.165) is 29.8 Å². The van der Waals surface area contributed by atoms with Crippen LogP contribution in [0.25, 0.3) is 5.78 Å². The summed E-state index contributed by atoms with van der Waals surface area (Å²) in [4.78, 5) is 38.2. The number of thioether (sulfide) groups is 1. The summed E-state index contributed by atoms with van der Waals surface area (Å²) in [6.07, 6.45) is 3.86. The molecular formula is C20H30N6O2S. The quantitative estimate of drug-likeness (QED) is 0.693. The molecule has 0 radical (unpaired) electrons. The van der Waals surface area contributed by atoms with Gasteiger partial charge in [-0.15, -0.1) is 5.10 Å². The molecule has 0 aliphatic carbocycles. The monoisotopic (exact) mass is 418 g/mol. The average Bonchev–Trinajstić information content (AvgIpc) is 3.12. The zero-order valence-electron chi connectivity index (χ0n) is 18.1. The minimum Gasteiger partial charge on any atom is -0.336 e. The van der Waals surface area contributed by atoms with Crippen molar-refractivity contribution in [3.63, 3.8) is 0 Å². The summed E-state index contributed by atoms with van der Waals surface area (Å²) < 4.78 is 1.72. The Bertz CT molecular complexity index is 927. The van der Waals surface area contributed by atoms with Gasteiger partial charge in [-0.3, -0.25) is 9.59 Å². The zero-order chi connectivity index (χ0) is 21.3. The first-order valence-electron chi connectivity index (χ1n) is 10.1. The van der Waals surface area contributed by atoms with Gasteiger partial charge in [0.2, 0.25) is 17.0 Å². The Morgan fingerprint density at radius 3 is 2.28 bits per heavy atom. The van der Waals surface area contributed by atoms with Gasteiger partial charge in [0.15, 0.2) is 0 Å². The van der Waals surface area contributed by atoms with Crippen molar-refractivity contribution in [1.82, 2.24) is 29.4 Å². The number of fused-ring (bicyclic) bond motifs is 1. The third-order valence-electron chi connectivity index (χ3n) is 5.90. The molecule has 158 valence electrons. The number of hydrogen-bond acceptors (Lipinski definition) is 6. The molecule has 2 aromatic heterocycles. The van der Waals surface area contributed by atoms with E-state index in [9.17, 15) is 9.59 Å². The minimum atomic E-state index is 0.0426. The van der Waals surface area contributed by atoms with Crippen LogP contribution in [0, 0.1) is 13.8 Å². The molecule has 8 nitrogen and oxygen atoms in total. The second kappa shape index (κ2) is 8.69. The third kappa shape index (κ3) is 4.10. The van der Waals surface area contributed by atoms with Crippen molar-refractivity contribution >= 4 is 29.4 Å². The van der Waals surface area contributed by atoms with Crippen molar-refractivity contribution in [1.29, 1.82) is 0 Å². The molecule has 2 amide bonds. The molecule has 1 fully saturated rings. The van der Waals surface area contributed by atoms with Gasteiger partial charge in [0.05, 0.1) is 6.42 Å². The highest BCUT2D eigenvalue weighted by Gasteiger charge is 2.36. The normalized spacial score (nSPS) is 19.8. The first-order chi connectivity index (χ1) is 13.8. The molecule has 3 heterocycles. The molecule has 0 aromatic carbocycles. The van der Waals surface area contributed by atoms with Crippen molar-refractivity contribution in [2.45, 2.75) is 71.1 Å². The standard InChI is InChI=1S/C20H30N6O2S/c1-7-15-11-25(16(8-2)10-24(15)14(5)27)18(28)9-17-12(3)21-19-22-20(29-6)23-26(19)13(17)4/h15-16H,7-11H2,1-6H3/t15-,16+/m0/s1. The van der Waals surface area contributed by atoms with Crippen molar-refractivity contribution < 1.29 is 9.59 Å². The number of carbonyl (C=O) groups is 2. The van der Waals surface area contributed by atoms with Crippen LogP contribution in [0.4, 0.5) is 0 Å². The van der Waals surface area contributed by atoms with E-state index in [-0.39, 0.29) is 30.3 Å². The van der Waals surface area contributed by atoms with Crippen molar-refractivity contribution in [2.75, 3.05) is 19.3 Å². The Balaban J connectivity index is 1.88. The molecule has 1 aliphatic heterocycles. The van der Waals surface area contributed by atoms with E-state index in [1.807, 2.05) is 29.9 Å². The van der Waals surface area contributed by atoms with Crippen LogP contribution in [0.3, 0.4) is 0 Å². The van der Waals surface area contributed by atoms with Gasteiger partial charge >= 0.3 is 0 Å². The Hall–Kier alpha value is -2.16. The van der Waals surface area contributed by atoms with Gasteiger partial charge in [0.1, 0.15) is 0 Å². The molecule has 0 unspecified atom stereocenters. The average molecular weight is 419 g/mol. The van der Waals surface area contributed by atoms with Crippen LogP contribution in [-0.2, 0) is 16.0 Å². The lowest BCUT2D eigenvalue weighted by molar-refractivity contribution is -0.145. The minimum absolute atomic E-state index is 0.0426. The number of hydrogen-bond donors (Lipinski definition) is 0. The summed E-state index contributed by atoms with van der Waals surface area (Å²) in [5, 5.41) is 5.14. The fourth-order valence-corrected chi connectivity index (χ4v) is 4.46. The molecule has 3 rings (SSSR count).